The van der Waals surface area contributed by atoms with E-state index in [2.05, 4.69) is 40.1 Å². The molecule has 86 valence electrons. The molecule has 0 aliphatic heterocycles. The Morgan fingerprint density at radius 1 is 1.00 bits per heavy atom. The lowest BCUT2D eigenvalue weighted by molar-refractivity contribution is 0.367. The van der Waals surface area contributed by atoms with Gasteiger partial charge in [-0.15, -0.1) is 0 Å². The molecule has 0 aromatic heterocycles. The van der Waals surface area contributed by atoms with Crippen LogP contribution in [0.3, 0.4) is 0 Å². The van der Waals surface area contributed by atoms with Gasteiger partial charge in [-0.3, -0.25) is 0 Å². The predicted molar refractivity (Wildman–Crippen MR) is 65.6 cm³/mol. The van der Waals surface area contributed by atoms with Crippen molar-refractivity contribution in [1.82, 2.24) is 5.32 Å². The topological polar surface area (TPSA) is 12.0 Å². The maximum atomic E-state index is 3.41. The van der Waals surface area contributed by atoms with E-state index in [1.165, 1.54) is 32.1 Å². The normalized spacial score (nSPS) is 15.9. The van der Waals surface area contributed by atoms with Crippen molar-refractivity contribution in [1.29, 1.82) is 0 Å². The van der Waals surface area contributed by atoms with Crippen LogP contribution in [-0.4, -0.2) is 13.1 Å². The second kappa shape index (κ2) is 8.28. The summed E-state index contributed by atoms with van der Waals surface area (Å²) in [5.74, 6) is 1.69. The van der Waals surface area contributed by atoms with E-state index in [4.69, 9.17) is 0 Å². The first-order valence-corrected chi connectivity index (χ1v) is 6.29. The smallest absolute Gasteiger partial charge is 0.00870 e. The fourth-order valence-electron chi connectivity index (χ4n) is 2.13. The third kappa shape index (κ3) is 6.42. The Hall–Kier alpha value is -0.0400. The van der Waals surface area contributed by atoms with Crippen LogP contribution in [-0.2, 0) is 0 Å². The Bertz CT molecular complexity index is 120. The highest BCUT2D eigenvalue weighted by atomic mass is 14.9. The van der Waals surface area contributed by atoms with Gasteiger partial charge in [0.15, 0.2) is 0 Å². The standard InChI is InChI=1S/C13H29N/c1-6-8-12(4)9-7-10-13(14-5)11(2)3/h11-14H,6-10H2,1-5H3. The average molecular weight is 199 g/mol. The minimum absolute atomic E-state index is 0.712. The lowest BCUT2D eigenvalue weighted by Gasteiger charge is -2.20. The van der Waals surface area contributed by atoms with E-state index in [0.717, 1.165) is 11.8 Å². The van der Waals surface area contributed by atoms with E-state index in [9.17, 15) is 0 Å². The summed E-state index contributed by atoms with van der Waals surface area (Å²) in [6.45, 7) is 9.27. The Labute approximate surface area is 90.7 Å². The first-order valence-electron chi connectivity index (χ1n) is 6.29. The van der Waals surface area contributed by atoms with Crippen LogP contribution in [0.2, 0.25) is 0 Å². The van der Waals surface area contributed by atoms with Crippen LogP contribution in [0.5, 0.6) is 0 Å². The van der Waals surface area contributed by atoms with Crippen LogP contribution in [0, 0.1) is 11.8 Å². The second-order valence-electron chi connectivity index (χ2n) is 4.96. The van der Waals surface area contributed by atoms with Crippen molar-refractivity contribution < 1.29 is 0 Å². The number of rotatable bonds is 8. The fourth-order valence-corrected chi connectivity index (χ4v) is 2.13. The van der Waals surface area contributed by atoms with Gasteiger partial charge in [0.1, 0.15) is 0 Å². The second-order valence-corrected chi connectivity index (χ2v) is 4.96. The lowest BCUT2D eigenvalue weighted by atomic mass is 9.94. The monoisotopic (exact) mass is 199 g/mol. The Balaban J connectivity index is 3.50. The van der Waals surface area contributed by atoms with Crippen LogP contribution in [0.15, 0.2) is 0 Å². The Morgan fingerprint density at radius 3 is 2.07 bits per heavy atom. The molecule has 0 saturated carbocycles. The molecule has 14 heavy (non-hydrogen) atoms. The highest BCUT2D eigenvalue weighted by Gasteiger charge is 2.10. The molecule has 0 heterocycles. The molecule has 0 fully saturated rings. The van der Waals surface area contributed by atoms with Gasteiger partial charge in [-0.2, -0.15) is 0 Å². The number of hydrogen-bond donors (Lipinski definition) is 1. The summed E-state index contributed by atoms with van der Waals surface area (Å²) in [6.07, 6.45) is 6.85. The highest BCUT2D eigenvalue weighted by Crippen LogP contribution is 2.16. The molecule has 1 nitrogen and oxygen atoms in total. The van der Waals surface area contributed by atoms with Gasteiger partial charge < -0.3 is 5.32 Å². The van der Waals surface area contributed by atoms with Gasteiger partial charge in [-0.25, -0.2) is 0 Å². The van der Waals surface area contributed by atoms with E-state index in [1.807, 2.05) is 0 Å². The van der Waals surface area contributed by atoms with Gasteiger partial charge in [-0.1, -0.05) is 53.4 Å². The zero-order valence-electron chi connectivity index (χ0n) is 10.8. The molecule has 0 aliphatic rings. The van der Waals surface area contributed by atoms with Crippen molar-refractivity contribution >= 4 is 0 Å². The molecule has 0 aromatic carbocycles. The van der Waals surface area contributed by atoms with Gasteiger partial charge in [0.25, 0.3) is 0 Å². The summed E-state index contributed by atoms with van der Waals surface area (Å²) >= 11 is 0. The Kier molecular flexibility index (Phi) is 8.26. The minimum atomic E-state index is 0.712. The van der Waals surface area contributed by atoms with Crippen molar-refractivity contribution in [2.24, 2.45) is 11.8 Å². The quantitative estimate of drug-likeness (QED) is 0.626. The first kappa shape index (κ1) is 14.0. The van der Waals surface area contributed by atoms with Crippen LogP contribution >= 0.6 is 0 Å². The van der Waals surface area contributed by atoms with Crippen molar-refractivity contribution in [2.45, 2.75) is 65.8 Å². The molecule has 2 unspecified atom stereocenters. The van der Waals surface area contributed by atoms with Crippen molar-refractivity contribution in [3.8, 4) is 0 Å². The van der Waals surface area contributed by atoms with Crippen LogP contribution in [0.25, 0.3) is 0 Å². The lowest BCUT2D eigenvalue weighted by Crippen LogP contribution is -2.30. The molecule has 0 saturated heterocycles. The van der Waals surface area contributed by atoms with E-state index in [1.54, 1.807) is 0 Å². The van der Waals surface area contributed by atoms with Crippen molar-refractivity contribution in [2.75, 3.05) is 7.05 Å². The molecule has 0 bridgehead atoms. The molecule has 0 aromatic rings. The van der Waals surface area contributed by atoms with E-state index < -0.39 is 0 Å². The van der Waals surface area contributed by atoms with E-state index in [-0.39, 0.29) is 0 Å². The highest BCUT2D eigenvalue weighted by molar-refractivity contribution is 4.68. The van der Waals surface area contributed by atoms with Gasteiger partial charge in [0.05, 0.1) is 0 Å². The summed E-state index contributed by atoms with van der Waals surface area (Å²) in [6, 6.07) is 0.712. The first-order chi connectivity index (χ1) is 6.61. The molecule has 0 amide bonds. The summed E-state index contributed by atoms with van der Waals surface area (Å²) < 4.78 is 0. The van der Waals surface area contributed by atoms with Crippen LogP contribution in [0.1, 0.15) is 59.8 Å². The van der Waals surface area contributed by atoms with Gasteiger partial charge in [-0.05, 0) is 25.3 Å². The predicted octanol–water partition coefficient (Wildman–Crippen LogP) is 3.84. The number of hydrogen-bond acceptors (Lipinski definition) is 1. The van der Waals surface area contributed by atoms with Crippen molar-refractivity contribution in [3.05, 3.63) is 0 Å². The van der Waals surface area contributed by atoms with Gasteiger partial charge >= 0.3 is 0 Å². The van der Waals surface area contributed by atoms with Gasteiger partial charge in [0, 0.05) is 6.04 Å². The van der Waals surface area contributed by atoms with E-state index in [0.29, 0.717) is 6.04 Å². The van der Waals surface area contributed by atoms with E-state index >= 15 is 0 Å². The zero-order valence-corrected chi connectivity index (χ0v) is 10.8. The average Bonchev–Trinajstić information content (AvgIpc) is 2.12. The Morgan fingerprint density at radius 2 is 1.64 bits per heavy atom. The molecular weight excluding hydrogens is 170 g/mol. The third-order valence-corrected chi connectivity index (χ3v) is 3.17. The SMILES string of the molecule is CCCC(C)CCCC(NC)C(C)C. The molecule has 1 N–H and O–H groups in total. The molecule has 1 heteroatoms. The molecule has 0 spiro atoms. The number of nitrogens with one attached hydrogen (secondary N) is 1. The van der Waals surface area contributed by atoms with Crippen LogP contribution in [0.4, 0.5) is 0 Å². The maximum Gasteiger partial charge on any atom is 0.00870 e. The molecule has 0 aliphatic carbocycles. The molecule has 0 radical (unpaired) electrons. The summed E-state index contributed by atoms with van der Waals surface area (Å²) in [5, 5.41) is 3.41. The molecule has 2 atom stereocenters. The maximum absolute atomic E-state index is 3.41. The summed E-state index contributed by atoms with van der Waals surface area (Å²) in [5.41, 5.74) is 0. The minimum Gasteiger partial charge on any atom is -0.317 e. The zero-order chi connectivity index (χ0) is 11.0. The summed E-state index contributed by atoms with van der Waals surface area (Å²) in [7, 11) is 2.08. The molecule has 0 rings (SSSR count). The molecular formula is C13H29N. The van der Waals surface area contributed by atoms with Gasteiger partial charge in [0.2, 0.25) is 0 Å². The largest absolute Gasteiger partial charge is 0.317 e. The third-order valence-electron chi connectivity index (χ3n) is 3.17. The summed E-state index contributed by atoms with van der Waals surface area (Å²) in [4.78, 5) is 0. The van der Waals surface area contributed by atoms with Crippen LogP contribution < -0.4 is 5.32 Å². The van der Waals surface area contributed by atoms with Crippen molar-refractivity contribution in [3.63, 3.8) is 0 Å². The fraction of sp³-hybridized carbons (Fsp3) is 1.00.